The standard InChI is InChI=1S/C15H16ClN3O5S2/c16-12-4-5-13(25-12)26(23,24)19-7-6-17-14(21)15(22)18-9-10-2-1-3-11(20)8-10/h1-5,8,19-20H,6-7,9H2,(H,17,21)(H,18,22). The number of amides is 2. The molecule has 0 saturated carbocycles. The number of sulfonamides is 1. The summed E-state index contributed by atoms with van der Waals surface area (Å²) in [4.78, 5) is 23.3. The minimum Gasteiger partial charge on any atom is -0.508 e. The maximum atomic E-state index is 11.9. The van der Waals surface area contributed by atoms with E-state index in [9.17, 15) is 23.1 Å². The first-order valence-electron chi connectivity index (χ1n) is 7.37. The Balaban J connectivity index is 1.72. The highest BCUT2D eigenvalue weighted by Gasteiger charge is 2.17. The van der Waals surface area contributed by atoms with Crippen LogP contribution in [-0.4, -0.2) is 38.4 Å². The zero-order valence-corrected chi connectivity index (χ0v) is 15.7. The monoisotopic (exact) mass is 417 g/mol. The lowest BCUT2D eigenvalue weighted by molar-refractivity contribution is -0.139. The number of rotatable bonds is 7. The summed E-state index contributed by atoms with van der Waals surface area (Å²) >= 11 is 6.61. The van der Waals surface area contributed by atoms with E-state index in [-0.39, 0.29) is 29.6 Å². The van der Waals surface area contributed by atoms with Crippen LogP contribution >= 0.6 is 22.9 Å². The molecule has 4 N–H and O–H groups in total. The molecule has 2 amide bonds. The summed E-state index contributed by atoms with van der Waals surface area (Å²) in [6, 6.07) is 9.10. The van der Waals surface area contributed by atoms with Crippen molar-refractivity contribution in [2.24, 2.45) is 0 Å². The van der Waals surface area contributed by atoms with Crippen molar-refractivity contribution >= 4 is 44.8 Å². The van der Waals surface area contributed by atoms with E-state index in [4.69, 9.17) is 11.6 Å². The highest BCUT2D eigenvalue weighted by Crippen LogP contribution is 2.25. The minimum absolute atomic E-state index is 0.0560. The highest BCUT2D eigenvalue weighted by atomic mass is 35.5. The summed E-state index contributed by atoms with van der Waals surface area (Å²) in [6.45, 7) is -0.0629. The van der Waals surface area contributed by atoms with Crippen LogP contribution in [0.3, 0.4) is 0 Å². The number of aromatic hydroxyl groups is 1. The number of halogens is 1. The third-order valence-electron chi connectivity index (χ3n) is 3.09. The third kappa shape index (κ3) is 5.99. The lowest BCUT2D eigenvalue weighted by atomic mass is 10.2. The summed E-state index contributed by atoms with van der Waals surface area (Å²) in [5.74, 6) is -1.69. The number of phenolic OH excluding ortho intramolecular Hbond substituents is 1. The average molecular weight is 418 g/mol. The Morgan fingerprint density at radius 2 is 1.81 bits per heavy atom. The van der Waals surface area contributed by atoms with Gasteiger partial charge in [-0.1, -0.05) is 23.7 Å². The molecule has 0 atom stereocenters. The van der Waals surface area contributed by atoms with Crippen molar-refractivity contribution in [2.45, 2.75) is 10.8 Å². The van der Waals surface area contributed by atoms with E-state index < -0.39 is 21.8 Å². The van der Waals surface area contributed by atoms with Gasteiger partial charge in [0.05, 0.1) is 4.34 Å². The molecule has 26 heavy (non-hydrogen) atoms. The van der Waals surface area contributed by atoms with Gasteiger partial charge >= 0.3 is 11.8 Å². The van der Waals surface area contributed by atoms with Gasteiger partial charge in [0.25, 0.3) is 0 Å². The largest absolute Gasteiger partial charge is 0.508 e. The second-order valence-electron chi connectivity index (χ2n) is 5.06. The Kier molecular flexibility index (Phi) is 6.98. The Morgan fingerprint density at radius 1 is 1.08 bits per heavy atom. The Hall–Kier alpha value is -2.14. The lowest BCUT2D eigenvalue weighted by Crippen LogP contribution is -2.42. The second-order valence-corrected chi connectivity index (χ2v) is 8.77. The topological polar surface area (TPSA) is 125 Å². The number of benzene rings is 1. The fraction of sp³-hybridized carbons (Fsp3) is 0.200. The SMILES string of the molecule is O=C(NCCNS(=O)(=O)c1ccc(Cl)s1)C(=O)NCc1cccc(O)c1. The number of phenols is 1. The van der Waals surface area contributed by atoms with Crippen LogP contribution in [-0.2, 0) is 26.2 Å². The summed E-state index contributed by atoms with van der Waals surface area (Å²) in [5, 5.41) is 14.0. The summed E-state index contributed by atoms with van der Waals surface area (Å²) in [6.07, 6.45) is 0. The van der Waals surface area contributed by atoms with Gasteiger partial charge in [-0.3, -0.25) is 9.59 Å². The van der Waals surface area contributed by atoms with Crippen molar-refractivity contribution in [2.75, 3.05) is 13.1 Å². The summed E-state index contributed by atoms with van der Waals surface area (Å²) < 4.78 is 26.6. The minimum atomic E-state index is -3.70. The molecule has 11 heteroatoms. The van der Waals surface area contributed by atoms with E-state index in [1.165, 1.54) is 24.3 Å². The molecule has 8 nitrogen and oxygen atoms in total. The lowest BCUT2D eigenvalue weighted by Gasteiger charge is -2.08. The van der Waals surface area contributed by atoms with E-state index in [1.54, 1.807) is 12.1 Å². The van der Waals surface area contributed by atoms with Gasteiger partial charge < -0.3 is 15.7 Å². The molecule has 1 heterocycles. The first-order chi connectivity index (χ1) is 12.3. The van der Waals surface area contributed by atoms with Crippen LogP contribution in [0.4, 0.5) is 0 Å². The van der Waals surface area contributed by atoms with Crippen LogP contribution in [0, 0.1) is 0 Å². The van der Waals surface area contributed by atoms with Crippen LogP contribution < -0.4 is 15.4 Å². The summed E-state index contributed by atoms with van der Waals surface area (Å²) in [5.41, 5.74) is 0.633. The van der Waals surface area contributed by atoms with Gasteiger partial charge in [0.1, 0.15) is 9.96 Å². The Morgan fingerprint density at radius 3 is 2.46 bits per heavy atom. The van der Waals surface area contributed by atoms with Gasteiger partial charge in [0, 0.05) is 19.6 Å². The van der Waals surface area contributed by atoms with E-state index >= 15 is 0 Å². The van der Waals surface area contributed by atoms with Crippen molar-refractivity contribution in [3.63, 3.8) is 0 Å². The molecule has 2 aromatic rings. The number of carbonyl (C=O) groups excluding carboxylic acids is 2. The Labute approximate surface area is 159 Å². The predicted octanol–water partition coefficient (Wildman–Crippen LogP) is 0.818. The molecule has 1 aromatic heterocycles. The van der Waals surface area contributed by atoms with Crippen molar-refractivity contribution in [1.29, 1.82) is 0 Å². The molecule has 0 unspecified atom stereocenters. The molecule has 0 saturated heterocycles. The van der Waals surface area contributed by atoms with Gasteiger partial charge in [-0.25, -0.2) is 13.1 Å². The molecular formula is C15H16ClN3O5S2. The van der Waals surface area contributed by atoms with Crippen LogP contribution in [0.2, 0.25) is 4.34 Å². The fourth-order valence-corrected chi connectivity index (χ4v) is 4.44. The molecule has 1 aromatic carbocycles. The molecule has 0 spiro atoms. The van der Waals surface area contributed by atoms with Gasteiger partial charge in [-0.2, -0.15) is 0 Å². The van der Waals surface area contributed by atoms with Crippen molar-refractivity contribution in [3.05, 3.63) is 46.3 Å². The Bertz CT molecular complexity index is 898. The van der Waals surface area contributed by atoms with Crippen molar-refractivity contribution in [1.82, 2.24) is 15.4 Å². The third-order valence-corrected chi connectivity index (χ3v) is 6.27. The fourth-order valence-electron chi connectivity index (χ4n) is 1.88. The molecule has 140 valence electrons. The number of nitrogens with one attached hydrogen (secondary N) is 3. The number of hydrogen-bond donors (Lipinski definition) is 4. The zero-order valence-electron chi connectivity index (χ0n) is 13.4. The van der Waals surface area contributed by atoms with Gasteiger partial charge in [0.2, 0.25) is 10.0 Å². The number of hydrogen-bond acceptors (Lipinski definition) is 6. The van der Waals surface area contributed by atoms with E-state index in [1.807, 2.05) is 0 Å². The second kappa shape index (κ2) is 8.99. The smallest absolute Gasteiger partial charge is 0.309 e. The van der Waals surface area contributed by atoms with Crippen molar-refractivity contribution in [3.8, 4) is 5.75 Å². The average Bonchev–Trinajstić information content (AvgIpc) is 3.04. The first kappa shape index (κ1) is 20.2. The van der Waals surface area contributed by atoms with Crippen LogP contribution in [0.15, 0.2) is 40.6 Å². The number of carbonyl (C=O) groups is 2. The maximum Gasteiger partial charge on any atom is 0.309 e. The quantitative estimate of drug-likeness (QED) is 0.392. The van der Waals surface area contributed by atoms with Crippen LogP contribution in [0.25, 0.3) is 0 Å². The van der Waals surface area contributed by atoms with Crippen LogP contribution in [0.5, 0.6) is 5.75 Å². The van der Waals surface area contributed by atoms with Gasteiger partial charge in [-0.05, 0) is 29.8 Å². The van der Waals surface area contributed by atoms with Gasteiger partial charge in [0.15, 0.2) is 0 Å². The molecular weight excluding hydrogens is 402 g/mol. The normalized spacial score (nSPS) is 11.1. The molecule has 0 aliphatic rings. The molecule has 0 bridgehead atoms. The molecule has 0 aliphatic carbocycles. The molecule has 0 radical (unpaired) electrons. The van der Waals surface area contributed by atoms with Crippen molar-refractivity contribution < 1.29 is 23.1 Å². The summed E-state index contributed by atoms with van der Waals surface area (Å²) in [7, 11) is -3.70. The maximum absolute atomic E-state index is 11.9. The van der Waals surface area contributed by atoms with Gasteiger partial charge in [-0.15, -0.1) is 11.3 Å². The van der Waals surface area contributed by atoms with E-state index in [2.05, 4.69) is 15.4 Å². The highest BCUT2D eigenvalue weighted by molar-refractivity contribution is 7.91. The molecule has 0 aliphatic heterocycles. The molecule has 2 rings (SSSR count). The van der Waals surface area contributed by atoms with E-state index in [0.29, 0.717) is 9.90 Å². The number of thiophene rings is 1. The van der Waals surface area contributed by atoms with E-state index in [0.717, 1.165) is 11.3 Å². The molecule has 0 fully saturated rings. The first-order valence-corrected chi connectivity index (χ1v) is 10.0. The zero-order chi connectivity index (χ0) is 19.2. The van der Waals surface area contributed by atoms with Crippen LogP contribution in [0.1, 0.15) is 5.56 Å². The predicted molar refractivity (Wildman–Crippen MR) is 97.5 cm³/mol.